The van der Waals surface area contributed by atoms with Gasteiger partial charge in [-0.1, -0.05) is 0 Å². The summed E-state index contributed by atoms with van der Waals surface area (Å²) in [7, 11) is 1.12. The summed E-state index contributed by atoms with van der Waals surface area (Å²) in [5, 5.41) is 27.0. The van der Waals surface area contributed by atoms with Gasteiger partial charge in [0.05, 0.1) is 12.7 Å². The van der Waals surface area contributed by atoms with Crippen molar-refractivity contribution in [2.45, 2.75) is 0 Å². The Kier molecular flexibility index (Phi) is 2.58. The summed E-state index contributed by atoms with van der Waals surface area (Å²) in [6.45, 7) is 0. The predicted molar refractivity (Wildman–Crippen MR) is 45.8 cm³/mol. The Balaban J connectivity index is 3.45. The molecule has 0 spiro atoms. The molecule has 0 saturated heterocycles. The fourth-order valence-corrected chi connectivity index (χ4v) is 0.982. The molecule has 1 aromatic rings. The first kappa shape index (κ1) is 9.86. The molecule has 0 fully saturated rings. The summed E-state index contributed by atoms with van der Waals surface area (Å²) in [4.78, 5) is 11.1. The van der Waals surface area contributed by atoms with Crippen molar-refractivity contribution in [2.75, 3.05) is 7.11 Å². The third-order valence-corrected chi connectivity index (χ3v) is 1.67. The van der Waals surface area contributed by atoms with Crippen molar-refractivity contribution in [3.63, 3.8) is 0 Å². The number of carbonyl (C=O) groups excluding carboxylic acids is 1. The molecule has 5 heteroatoms. The molecule has 0 aliphatic rings. The van der Waals surface area contributed by atoms with Crippen molar-refractivity contribution in [1.82, 2.24) is 0 Å². The van der Waals surface area contributed by atoms with Crippen molar-refractivity contribution in [3.05, 3.63) is 23.3 Å². The van der Waals surface area contributed by atoms with Gasteiger partial charge in [-0.15, -0.1) is 0 Å². The van der Waals surface area contributed by atoms with E-state index in [4.69, 9.17) is 10.4 Å². The van der Waals surface area contributed by atoms with Crippen LogP contribution in [0.1, 0.15) is 15.9 Å². The van der Waals surface area contributed by atoms with Gasteiger partial charge in [-0.05, 0) is 12.1 Å². The molecule has 0 bridgehead atoms. The van der Waals surface area contributed by atoms with E-state index in [0.29, 0.717) is 0 Å². The van der Waals surface area contributed by atoms with Crippen molar-refractivity contribution >= 4 is 5.97 Å². The third kappa shape index (κ3) is 1.45. The van der Waals surface area contributed by atoms with Crippen molar-refractivity contribution < 1.29 is 19.7 Å². The van der Waals surface area contributed by atoms with Crippen LogP contribution in [-0.4, -0.2) is 23.3 Å². The van der Waals surface area contributed by atoms with E-state index in [-0.39, 0.29) is 11.1 Å². The second kappa shape index (κ2) is 3.66. The fraction of sp³-hybridized carbons (Fsp3) is 0.111. The Labute approximate surface area is 79.8 Å². The maximum Gasteiger partial charge on any atom is 0.343 e. The lowest BCUT2D eigenvalue weighted by atomic mass is 10.1. The van der Waals surface area contributed by atoms with Crippen molar-refractivity contribution in [1.29, 1.82) is 5.26 Å². The minimum absolute atomic E-state index is 0.0489. The zero-order valence-electron chi connectivity index (χ0n) is 7.31. The summed E-state index contributed by atoms with van der Waals surface area (Å²) in [5.41, 5.74) is -0.373. The summed E-state index contributed by atoms with van der Waals surface area (Å²) in [5.74, 6) is -1.98. The summed E-state index contributed by atoms with van der Waals surface area (Å²) in [6.07, 6.45) is 0. The van der Waals surface area contributed by atoms with E-state index in [1.165, 1.54) is 6.07 Å². The molecule has 0 heterocycles. The van der Waals surface area contributed by atoms with Crippen LogP contribution in [0.15, 0.2) is 12.1 Å². The van der Waals surface area contributed by atoms with E-state index in [1.807, 2.05) is 0 Å². The average molecular weight is 193 g/mol. The Hall–Kier alpha value is -2.22. The number of hydrogen-bond acceptors (Lipinski definition) is 5. The second-order valence-corrected chi connectivity index (χ2v) is 2.46. The van der Waals surface area contributed by atoms with Crippen LogP contribution in [0.25, 0.3) is 0 Å². The van der Waals surface area contributed by atoms with Crippen LogP contribution >= 0.6 is 0 Å². The van der Waals surface area contributed by atoms with Crippen LogP contribution in [0.2, 0.25) is 0 Å². The fourth-order valence-electron chi connectivity index (χ4n) is 0.982. The molecule has 0 aromatic heterocycles. The zero-order valence-corrected chi connectivity index (χ0v) is 7.31. The number of carbonyl (C=O) groups is 1. The number of nitriles is 1. The van der Waals surface area contributed by atoms with Gasteiger partial charge < -0.3 is 14.9 Å². The first-order valence-corrected chi connectivity index (χ1v) is 3.65. The van der Waals surface area contributed by atoms with Gasteiger partial charge in [0.1, 0.15) is 11.6 Å². The lowest BCUT2D eigenvalue weighted by Gasteiger charge is -2.05. The normalized spacial score (nSPS) is 9.14. The largest absolute Gasteiger partial charge is 0.504 e. The minimum atomic E-state index is -0.866. The number of ether oxygens (including phenoxy) is 1. The molecule has 0 aliphatic heterocycles. The first-order valence-electron chi connectivity index (χ1n) is 3.65. The Morgan fingerprint density at radius 2 is 2.14 bits per heavy atom. The second-order valence-electron chi connectivity index (χ2n) is 2.46. The Bertz CT molecular complexity index is 420. The molecule has 5 nitrogen and oxygen atoms in total. The highest BCUT2D eigenvalue weighted by atomic mass is 16.5. The molecule has 72 valence electrons. The number of methoxy groups -OCH3 is 1. The van der Waals surface area contributed by atoms with Gasteiger partial charge in [0.2, 0.25) is 0 Å². The standard InChI is InChI=1S/C9H7NO4/c1-14-9(13)7-5(4-10)2-3-6(11)8(7)12/h2-3,11-12H,1H3. The zero-order chi connectivity index (χ0) is 10.7. The quantitative estimate of drug-likeness (QED) is 0.507. The van der Waals surface area contributed by atoms with Gasteiger partial charge in [-0.2, -0.15) is 5.26 Å². The lowest BCUT2D eigenvalue weighted by Crippen LogP contribution is -2.04. The minimum Gasteiger partial charge on any atom is -0.504 e. The molecule has 0 amide bonds. The Morgan fingerprint density at radius 1 is 1.50 bits per heavy atom. The van der Waals surface area contributed by atoms with Crippen LogP contribution in [0.4, 0.5) is 0 Å². The van der Waals surface area contributed by atoms with Gasteiger partial charge in [0.15, 0.2) is 11.5 Å². The summed E-state index contributed by atoms with van der Waals surface area (Å²) < 4.78 is 4.35. The molecule has 0 atom stereocenters. The van der Waals surface area contributed by atoms with Crippen LogP contribution in [0, 0.1) is 11.3 Å². The number of rotatable bonds is 1. The maximum absolute atomic E-state index is 11.1. The lowest BCUT2D eigenvalue weighted by molar-refractivity contribution is 0.0596. The van der Waals surface area contributed by atoms with Gasteiger partial charge in [-0.3, -0.25) is 0 Å². The SMILES string of the molecule is COC(=O)c1c(C#N)ccc(O)c1O. The van der Waals surface area contributed by atoms with E-state index in [9.17, 15) is 9.90 Å². The molecular formula is C9H7NO4. The van der Waals surface area contributed by atoms with Crippen LogP contribution in [0.3, 0.4) is 0 Å². The molecule has 0 aliphatic carbocycles. The molecule has 1 aromatic carbocycles. The van der Waals surface area contributed by atoms with E-state index in [1.54, 1.807) is 6.07 Å². The number of phenols is 2. The highest BCUT2D eigenvalue weighted by Crippen LogP contribution is 2.31. The van der Waals surface area contributed by atoms with Gasteiger partial charge in [0, 0.05) is 0 Å². The van der Waals surface area contributed by atoms with E-state index in [0.717, 1.165) is 13.2 Å². The number of nitrogens with zero attached hydrogens (tertiary/aromatic N) is 1. The molecular weight excluding hydrogens is 186 g/mol. The number of esters is 1. The monoisotopic (exact) mass is 193 g/mol. The van der Waals surface area contributed by atoms with Gasteiger partial charge in [-0.25, -0.2) is 4.79 Å². The molecule has 0 radical (unpaired) electrons. The topological polar surface area (TPSA) is 90.6 Å². The molecule has 1 rings (SSSR count). The summed E-state index contributed by atoms with van der Waals surface area (Å²) in [6, 6.07) is 4.06. The van der Waals surface area contributed by atoms with Crippen LogP contribution in [-0.2, 0) is 4.74 Å². The average Bonchev–Trinajstić information content (AvgIpc) is 2.20. The molecule has 0 unspecified atom stereocenters. The summed E-state index contributed by atoms with van der Waals surface area (Å²) >= 11 is 0. The number of benzene rings is 1. The maximum atomic E-state index is 11.1. The molecule has 2 N–H and O–H groups in total. The number of hydrogen-bond donors (Lipinski definition) is 2. The first-order chi connectivity index (χ1) is 6.61. The highest BCUT2D eigenvalue weighted by Gasteiger charge is 2.19. The van der Waals surface area contributed by atoms with Crippen molar-refractivity contribution in [3.8, 4) is 17.6 Å². The molecule has 0 saturated carbocycles. The van der Waals surface area contributed by atoms with Crippen LogP contribution < -0.4 is 0 Å². The van der Waals surface area contributed by atoms with Crippen LogP contribution in [0.5, 0.6) is 11.5 Å². The van der Waals surface area contributed by atoms with E-state index < -0.39 is 17.5 Å². The number of aromatic hydroxyl groups is 2. The highest BCUT2D eigenvalue weighted by molar-refractivity contribution is 5.96. The van der Waals surface area contributed by atoms with Gasteiger partial charge in [0.25, 0.3) is 0 Å². The van der Waals surface area contributed by atoms with E-state index >= 15 is 0 Å². The number of phenolic OH excluding ortho intramolecular Hbond substituents is 2. The van der Waals surface area contributed by atoms with Crippen molar-refractivity contribution in [2.24, 2.45) is 0 Å². The molecule has 14 heavy (non-hydrogen) atoms. The van der Waals surface area contributed by atoms with E-state index in [2.05, 4.69) is 4.74 Å². The predicted octanol–water partition coefficient (Wildman–Crippen LogP) is 0.756. The van der Waals surface area contributed by atoms with Gasteiger partial charge >= 0.3 is 5.97 Å². The smallest absolute Gasteiger partial charge is 0.343 e. The Morgan fingerprint density at radius 3 is 2.64 bits per heavy atom. The third-order valence-electron chi connectivity index (χ3n) is 1.67.